The van der Waals surface area contributed by atoms with E-state index in [1.807, 2.05) is 0 Å². The minimum absolute atomic E-state index is 0.395. The van der Waals surface area contributed by atoms with Gasteiger partial charge in [0.05, 0.1) is 26.1 Å². The molecule has 0 aliphatic rings. The fourth-order valence-electron chi connectivity index (χ4n) is 0.780. The standard InChI is InChI=1S/C8H14O4/c1-5(7(9)11-3)6(2)8(10)12-4/h5-6H,1-4H3/t5-,6-/m0/s1. The van der Waals surface area contributed by atoms with Crippen molar-refractivity contribution in [1.82, 2.24) is 0 Å². The summed E-state index contributed by atoms with van der Waals surface area (Å²) in [7, 11) is 2.59. The molecule has 0 aliphatic heterocycles. The minimum Gasteiger partial charge on any atom is -0.469 e. The molecule has 12 heavy (non-hydrogen) atoms. The van der Waals surface area contributed by atoms with Gasteiger partial charge in [0.15, 0.2) is 0 Å². The van der Waals surface area contributed by atoms with E-state index in [-0.39, 0.29) is 0 Å². The van der Waals surface area contributed by atoms with Crippen molar-refractivity contribution in [3.05, 3.63) is 0 Å². The van der Waals surface area contributed by atoms with E-state index >= 15 is 0 Å². The summed E-state index contributed by atoms with van der Waals surface area (Å²) in [6.45, 7) is 3.26. The lowest BCUT2D eigenvalue weighted by molar-refractivity contribution is -0.156. The summed E-state index contributed by atoms with van der Waals surface area (Å²) >= 11 is 0. The predicted octanol–water partition coefficient (Wildman–Crippen LogP) is 0.605. The molecule has 0 fully saturated rings. The molecule has 0 aromatic heterocycles. The van der Waals surface area contributed by atoms with E-state index in [1.54, 1.807) is 13.8 Å². The first-order valence-electron chi connectivity index (χ1n) is 3.70. The second kappa shape index (κ2) is 4.74. The minimum atomic E-state index is -0.456. The van der Waals surface area contributed by atoms with E-state index in [9.17, 15) is 9.59 Å². The van der Waals surface area contributed by atoms with Crippen LogP contribution in [0.4, 0.5) is 0 Å². The lowest BCUT2D eigenvalue weighted by Gasteiger charge is -2.14. The fourth-order valence-corrected chi connectivity index (χ4v) is 0.780. The van der Waals surface area contributed by atoms with Crippen LogP contribution in [0.1, 0.15) is 13.8 Å². The van der Waals surface area contributed by atoms with Gasteiger partial charge in [-0.2, -0.15) is 0 Å². The van der Waals surface area contributed by atoms with Crippen LogP contribution in [-0.4, -0.2) is 26.2 Å². The third-order valence-electron chi connectivity index (χ3n) is 1.90. The molecule has 2 atom stereocenters. The van der Waals surface area contributed by atoms with Crippen molar-refractivity contribution in [2.24, 2.45) is 11.8 Å². The molecule has 0 spiro atoms. The summed E-state index contributed by atoms with van der Waals surface area (Å²) in [6.07, 6.45) is 0. The number of methoxy groups -OCH3 is 2. The zero-order chi connectivity index (χ0) is 9.72. The summed E-state index contributed by atoms with van der Waals surface area (Å²) < 4.78 is 8.96. The smallest absolute Gasteiger partial charge is 0.309 e. The van der Waals surface area contributed by atoms with Crippen LogP contribution in [0.5, 0.6) is 0 Å². The molecule has 0 saturated carbocycles. The van der Waals surface area contributed by atoms with Gasteiger partial charge in [-0.15, -0.1) is 0 Å². The average molecular weight is 174 g/mol. The lowest BCUT2D eigenvalue weighted by atomic mass is 9.96. The first kappa shape index (κ1) is 10.9. The largest absolute Gasteiger partial charge is 0.469 e. The number of rotatable bonds is 3. The molecule has 0 amide bonds. The topological polar surface area (TPSA) is 52.6 Å². The van der Waals surface area contributed by atoms with Crippen molar-refractivity contribution in [3.8, 4) is 0 Å². The number of esters is 2. The van der Waals surface area contributed by atoms with Gasteiger partial charge in [-0.3, -0.25) is 9.59 Å². The molecule has 0 aliphatic carbocycles. The maximum absolute atomic E-state index is 10.9. The van der Waals surface area contributed by atoms with Gasteiger partial charge < -0.3 is 9.47 Å². The number of hydrogen-bond donors (Lipinski definition) is 0. The molecule has 0 saturated heterocycles. The van der Waals surface area contributed by atoms with E-state index in [2.05, 4.69) is 9.47 Å². The highest BCUT2D eigenvalue weighted by molar-refractivity contribution is 5.81. The monoisotopic (exact) mass is 174 g/mol. The van der Waals surface area contributed by atoms with Gasteiger partial charge in [0.2, 0.25) is 0 Å². The highest BCUT2D eigenvalue weighted by atomic mass is 16.5. The van der Waals surface area contributed by atoms with Gasteiger partial charge in [-0.05, 0) is 0 Å². The molecule has 0 unspecified atom stereocenters. The van der Waals surface area contributed by atoms with E-state index in [0.29, 0.717) is 0 Å². The Labute approximate surface area is 71.8 Å². The molecule has 0 rings (SSSR count). The Morgan fingerprint density at radius 3 is 1.33 bits per heavy atom. The maximum Gasteiger partial charge on any atom is 0.309 e. The van der Waals surface area contributed by atoms with Crippen LogP contribution in [0, 0.1) is 11.8 Å². The van der Waals surface area contributed by atoms with Crippen LogP contribution in [-0.2, 0) is 19.1 Å². The molecular weight excluding hydrogens is 160 g/mol. The van der Waals surface area contributed by atoms with Gasteiger partial charge in [0, 0.05) is 0 Å². The molecule has 0 aromatic rings. The van der Waals surface area contributed by atoms with E-state index in [4.69, 9.17) is 0 Å². The Bertz CT molecular complexity index is 156. The van der Waals surface area contributed by atoms with Crippen LogP contribution in [0.15, 0.2) is 0 Å². The fraction of sp³-hybridized carbons (Fsp3) is 0.750. The van der Waals surface area contributed by atoms with Crippen LogP contribution < -0.4 is 0 Å². The third kappa shape index (κ3) is 2.53. The maximum atomic E-state index is 10.9. The van der Waals surface area contributed by atoms with E-state index in [1.165, 1.54) is 14.2 Å². The first-order valence-corrected chi connectivity index (χ1v) is 3.70. The highest BCUT2D eigenvalue weighted by Gasteiger charge is 2.27. The summed E-state index contributed by atoms with van der Waals surface area (Å²) in [4.78, 5) is 21.9. The van der Waals surface area contributed by atoms with Crippen molar-refractivity contribution < 1.29 is 19.1 Å². The molecule has 4 nitrogen and oxygen atoms in total. The van der Waals surface area contributed by atoms with Gasteiger partial charge >= 0.3 is 11.9 Å². The molecule has 0 bridgehead atoms. The van der Waals surface area contributed by atoms with Crippen molar-refractivity contribution in [1.29, 1.82) is 0 Å². The highest BCUT2D eigenvalue weighted by Crippen LogP contribution is 2.13. The Morgan fingerprint density at radius 1 is 0.917 bits per heavy atom. The third-order valence-corrected chi connectivity index (χ3v) is 1.90. The van der Waals surface area contributed by atoms with Gasteiger partial charge in [-0.25, -0.2) is 0 Å². The summed E-state index contributed by atoms with van der Waals surface area (Å²) in [5.41, 5.74) is 0. The molecule has 0 heterocycles. The van der Waals surface area contributed by atoms with Gasteiger partial charge in [-0.1, -0.05) is 13.8 Å². The Hall–Kier alpha value is -1.06. The van der Waals surface area contributed by atoms with Crippen LogP contribution in [0.25, 0.3) is 0 Å². The Kier molecular flexibility index (Phi) is 4.33. The van der Waals surface area contributed by atoms with Gasteiger partial charge in [0.1, 0.15) is 0 Å². The molecule has 0 aromatic carbocycles. The zero-order valence-corrected chi connectivity index (χ0v) is 7.79. The van der Waals surface area contributed by atoms with E-state index < -0.39 is 23.8 Å². The quantitative estimate of drug-likeness (QED) is 0.588. The Morgan fingerprint density at radius 2 is 1.17 bits per heavy atom. The molecule has 4 heteroatoms. The number of ether oxygens (including phenoxy) is 2. The molecule has 0 radical (unpaired) electrons. The van der Waals surface area contributed by atoms with Crippen molar-refractivity contribution in [3.63, 3.8) is 0 Å². The van der Waals surface area contributed by atoms with Crippen molar-refractivity contribution in [2.75, 3.05) is 14.2 Å². The summed E-state index contributed by atoms with van der Waals surface area (Å²) in [5, 5.41) is 0. The molecule has 0 N–H and O–H groups in total. The summed E-state index contributed by atoms with van der Waals surface area (Å²) in [6, 6.07) is 0. The van der Waals surface area contributed by atoms with Crippen molar-refractivity contribution >= 4 is 11.9 Å². The average Bonchev–Trinajstić information content (AvgIpc) is 2.12. The molecular formula is C8H14O4. The van der Waals surface area contributed by atoms with Gasteiger partial charge in [0.25, 0.3) is 0 Å². The van der Waals surface area contributed by atoms with E-state index in [0.717, 1.165) is 0 Å². The second-order valence-electron chi connectivity index (χ2n) is 2.62. The number of hydrogen-bond acceptors (Lipinski definition) is 4. The normalized spacial score (nSPS) is 14.7. The first-order chi connectivity index (χ1) is 5.54. The predicted molar refractivity (Wildman–Crippen MR) is 42.4 cm³/mol. The number of carbonyl (C=O) groups is 2. The molecule has 70 valence electrons. The Balaban J connectivity index is 4.18. The lowest BCUT2D eigenvalue weighted by Crippen LogP contribution is -2.27. The zero-order valence-electron chi connectivity index (χ0n) is 7.79. The van der Waals surface area contributed by atoms with Crippen LogP contribution in [0.2, 0.25) is 0 Å². The van der Waals surface area contributed by atoms with Crippen molar-refractivity contribution in [2.45, 2.75) is 13.8 Å². The second-order valence-corrected chi connectivity index (χ2v) is 2.62. The summed E-state index contributed by atoms with van der Waals surface area (Å²) in [5.74, 6) is -1.70. The van der Waals surface area contributed by atoms with Crippen LogP contribution >= 0.6 is 0 Å². The number of carbonyl (C=O) groups excluding carboxylic acids is 2. The SMILES string of the molecule is COC(=O)[C@@H](C)[C@H](C)C(=O)OC. The van der Waals surface area contributed by atoms with Crippen LogP contribution in [0.3, 0.4) is 0 Å².